The van der Waals surface area contributed by atoms with E-state index in [2.05, 4.69) is 25.8 Å². The van der Waals surface area contributed by atoms with Gasteiger partial charge in [-0.25, -0.2) is 22.6 Å². The molecule has 0 aliphatic carbocycles. The topological polar surface area (TPSA) is 117 Å². The molecule has 8 nitrogen and oxygen atoms in total. The summed E-state index contributed by atoms with van der Waals surface area (Å²) in [6, 6.07) is 18.4. The molecule has 2 amide bonds. The molecule has 0 spiro atoms. The molecule has 186 valence electrons. The molecule has 3 aromatic carbocycles. The second kappa shape index (κ2) is 9.64. The Morgan fingerprint density at radius 3 is 2.43 bits per heavy atom. The minimum atomic E-state index is -3.38. The number of nitrogens with zero attached hydrogens (tertiary/aromatic N) is 2. The Morgan fingerprint density at radius 1 is 0.919 bits per heavy atom. The van der Waals surface area contributed by atoms with Gasteiger partial charge in [0.15, 0.2) is 15.5 Å². The monoisotopic (exact) mass is 535 g/mol. The van der Waals surface area contributed by atoms with Crippen molar-refractivity contribution < 1.29 is 17.6 Å². The van der Waals surface area contributed by atoms with Crippen molar-refractivity contribution in [3.05, 3.63) is 89.8 Å². The number of sulfone groups is 1. The third-order valence-electron chi connectivity index (χ3n) is 5.54. The number of hydrogen-bond donors (Lipinski definition) is 3. The van der Waals surface area contributed by atoms with Gasteiger partial charge in [0.1, 0.15) is 11.5 Å². The van der Waals surface area contributed by atoms with E-state index in [9.17, 15) is 17.6 Å². The summed E-state index contributed by atoms with van der Waals surface area (Å²) in [5.41, 5.74) is 3.37. The summed E-state index contributed by atoms with van der Waals surface area (Å²) in [5.74, 6) is -0.569. The Hall–Kier alpha value is -4.28. The average Bonchev–Trinajstić information content (AvgIpc) is 3.28. The summed E-state index contributed by atoms with van der Waals surface area (Å²) in [6.07, 6.45) is 2.75. The molecule has 0 atom stereocenters. The van der Waals surface area contributed by atoms with Gasteiger partial charge in [0, 0.05) is 45.4 Å². The molecule has 0 bridgehead atoms. The van der Waals surface area contributed by atoms with Crippen LogP contribution in [0.1, 0.15) is 0 Å². The smallest absolute Gasteiger partial charge is 0.308 e. The standard InChI is InChI=1S/C26H19ClFN5O3S/c1-37(35,36)22-4-2-3-15(11-22)17-12-23-24(32-33-25(23)29-14-17)16-9-19(28)13-21(10-16)31-26(34)30-20-7-5-18(27)6-8-20/h2-14H,1H3,(H,29,32,33)(H2,30,31,34). The third-order valence-corrected chi connectivity index (χ3v) is 6.91. The van der Waals surface area contributed by atoms with Crippen molar-refractivity contribution in [1.29, 1.82) is 0 Å². The summed E-state index contributed by atoms with van der Waals surface area (Å²) in [7, 11) is -3.38. The molecule has 5 rings (SSSR count). The SMILES string of the molecule is CS(=O)(=O)c1cccc(-c2cnc3[nH]nc(-c4cc(F)cc(NC(=O)Nc5ccc(Cl)cc5)c4)c3c2)c1. The maximum Gasteiger partial charge on any atom is 0.323 e. The van der Waals surface area contributed by atoms with Gasteiger partial charge in [-0.15, -0.1) is 0 Å². The van der Waals surface area contributed by atoms with Gasteiger partial charge in [-0.1, -0.05) is 23.7 Å². The highest BCUT2D eigenvalue weighted by atomic mass is 35.5. The molecule has 2 aromatic heterocycles. The van der Waals surface area contributed by atoms with Crippen LogP contribution in [0.2, 0.25) is 5.02 Å². The van der Waals surface area contributed by atoms with Crippen molar-refractivity contribution in [1.82, 2.24) is 15.2 Å². The highest BCUT2D eigenvalue weighted by Crippen LogP contribution is 2.32. The number of carbonyl (C=O) groups is 1. The van der Waals surface area contributed by atoms with Crippen molar-refractivity contribution >= 4 is 49.9 Å². The van der Waals surface area contributed by atoms with Gasteiger partial charge < -0.3 is 10.6 Å². The zero-order chi connectivity index (χ0) is 26.2. The molecule has 3 N–H and O–H groups in total. The van der Waals surface area contributed by atoms with Gasteiger partial charge >= 0.3 is 6.03 Å². The number of pyridine rings is 1. The molecular weight excluding hydrogens is 517 g/mol. The first-order valence-electron chi connectivity index (χ1n) is 10.9. The Morgan fingerprint density at radius 2 is 1.68 bits per heavy atom. The zero-order valence-corrected chi connectivity index (χ0v) is 20.9. The lowest BCUT2D eigenvalue weighted by Gasteiger charge is -2.09. The van der Waals surface area contributed by atoms with Crippen molar-refractivity contribution in [2.45, 2.75) is 4.90 Å². The number of rotatable bonds is 5. The quantitative estimate of drug-likeness (QED) is 0.250. The normalized spacial score (nSPS) is 11.4. The molecule has 5 aromatic rings. The van der Waals surface area contributed by atoms with Crippen molar-refractivity contribution in [2.24, 2.45) is 0 Å². The van der Waals surface area contributed by atoms with E-state index in [1.807, 2.05) is 0 Å². The first kappa shape index (κ1) is 24.4. The second-order valence-electron chi connectivity index (χ2n) is 8.31. The number of anilines is 2. The number of halogens is 2. The van der Waals surface area contributed by atoms with Gasteiger partial charge in [-0.05, 0) is 66.2 Å². The van der Waals surface area contributed by atoms with Crippen LogP contribution in [0.4, 0.5) is 20.6 Å². The van der Waals surface area contributed by atoms with E-state index >= 15 is 0 Å². The fourth-order valence-corrected chi connectivity index (χ4v) is 4.61. The summed E-state index contributed by atoms with van der Waals surface area (Å²) in [6.45, 7) is 0. The van der Waals surface area contributed by atoms with Crippen molar-refractivity contribution in [3.8, 4) is 22.4 Å². The van der Waals surface area contributed by atoms with Crippen molar-refractivity contribution in [2.75, 3.05) is 16.9 Å². The molecule has 0 aliphatic heterocycles. The van der Waals surface area contributed by atoms with Gasteiger partial charge in [0.05, 0.1) is 4.90 Å². The van der Waals surface area contributed by atoms with Gasteiger partial charge in [0.25, 0.3) is 0 Å². The highest BCUT2D eigenvalue weighted by Gasteiger charge is 2.15. The molecule has 2 heterocycles. The molecule has 37 heavy (non-hydrogen) atoms. The minimum Gasteiger partial charge on any atom is -0.308 e. The highest BCUT2D eigenvalue weighted by molar-refractivity contribution is 7.90. The van der Waals surface area contributed by atoms with Crippen LogP contribution in [-0.2, 0) is 9.84 Å². The van der Waals surface area contributed by atoms with E-state index in [1.54, 1.807) is 60.8 Å². The number of hydrogen-bond acceptors (Lipinski definition) is 5. The lowest BCUT2D eigenvalue weighted by Crippen LogP contribution is -2.19. The predicted molar refractivity (Wildman–Crippen MR) is 142 cm³/mol. The lowest BCUT2D eigenvalue weighted by atomic mass is 10.0. The Balaban J connectivity index is 1.47. The molecule has 0 radical (unpaired) electrons. The Bertz CT molecular complexity index is 1750. The average molecular weight is 536 g/mol. The molecule has 0 saturated carbocycles. The van der Waals surface area contributed by atoms with Crippen molar-refractivity contribution in [3.63, 3.8) is 0 Å². The van der Waals surface area contributed by atoms with E-state index in [1.165, 1.54) is 18.2 Å². The minimum absolute atomic E-state index is 0.190. The number of aromatic nitrogens is 3. The number of urea groups is 1. The van der Waals surface area contributed by atoms with Crippen LogP contribution in [0.25, 0.3) is 33.4 Å². The zero-order valence-electron chi connectivity index (χ0n) is 19.3. The third kappa shape index (κ3) is 5.45. The van der Waals surface area contributed by atoms with Crippen LogP contribution in [0.3, 0.4) is 0 Å². The maximum atomic E-state index is 14.5. The lowest BCUT2D eigenvalue weighted by molar-refractivity contribution is 0.262. The van der Waals surface area contributed by atoms with Crippen LogP contribution in [0.5, 0.6) is 0 Å². The van der Waals surface area contributed by atoms with Crippen LogP contribution >= 0.6 is 11.6 Å². The number of H-pyrrole nitrogens is 1. The van der Waals surface area contributed by atoms with Gasteiger partial charge in [-0.3, -0.25) is 5.10 Å². The first-order valence-corrected chi connectivity index (χ1v) is 13.2. The van der Waals surface area contributed by atoms with Gasteiger partial charge in [0.2, 0.25) is 0 Å². The number of aromatic amines is 1. The van der Waals surface area contributed by atoms with Gasteiger partial charge in [-0.2, -0.15) is 5.10 Å². The summed E-state index contributed by atoms with van der Waals surface area (Å²) >= 11 is 5.87. The first-order chi connectivity index (χ1) is 17.7. The summed E-state index contributed by atoms with van der Waals surface area (Å²) in [4.78, 5) is 17.0. The largest absolute Gasteiger partial charge is 0.323 e. The predicted octanol–water partition coefficient (Wildman–Crippen LogP) is 6.13. The Labute approximate surface area is 216 Å². The molecule has 0 fully saturated rings. The summed E-state index contributed by atoms with van der Waals surface area (Å²) in [5, 5.41) is 13.5. The van der Waals surface area contributed by atoms with E-state index in [4.69, 9.17) is 11.6 Å². The summed E-state index contributed by atoms with van der Waals surface area (Å²) < 4.78 is 38.5. The Kier molecular flexibility index (Phi) is 6.36. The molecule has 0 aliphatic rings. The van der Waals surface area contributed by atoms with Crippen LogP contribution in [0.15, 0.2) is 83.9 Å². The fourth-order valence-electron chi connectivity index (χ4n) is 3.81. The molecule has 0 saturated heterocycles. The second-order valence-corrected chi connectivity index (χ2v) is 10.8. The molecular formula is C26H19ClFN5O3S. The van der Waals surface area contributed by atoms with E-state index in [0.29, 0.717) is 44.1 Å². The fraction of sp³-hybridized carbons (Fsp3) is 0.0385. The number of benzene rings is 3. The number of amides is 2. The maximum absolute atomic E-state index is 14.5. The number of nitrogens with one attached hydrogen (secondary N) is 3. The van der Waals surface area contributed by atoms with Crippen LogP contribution in [-0.4, -0.2) is 35.9 Å². The van der Waals surface area contributed by atoms with E-state index in [-0.39, 0.29) is 10.6 Å². The van der Waals surface area contributed by atoms with E-state index in [0.717, 1.165) is 6.26 Å². The number of carbonyl (C=O) groups excluding carboxylic acids is 1. The molecule has 0 unspecified atom stereocenters. The van der Waals surface area contributed by atoms with E-state index < -0.39 is 21.7 Å². The molecule has 11 heteroatoms. The number of fused-ring (bicyclic) bond motifs is 1. The van der Waals surface area contributed by atoms with Crippen LogP contribution in [0, 0.1) is 5.82 Å². The van der Waals surface area contributed by atoms with Crippen LogP contribution < -0.4 is 10.6 Å².